The van der Waals surface area contributed by atoms with Crippen molar-refractivity contribution in [3.05, 3.63) is 17.7 Å². The van der Waals surface area contributed by atoms with Gasteiger partial charge in [0.1, 0.15) is 11.0 Å². The lowest BCUT2D eigenvalue weighted by Gasteiger charge is -1.97. The number of rotatable bonds is 1. The maximum absolute atomic E-state index is 10.6. The van der Waals surface area contributed by atoms with Gasteiger partial charge in [0, 0.05) is 5.69 Å². The van der Waals surface area contributed by atoms with Crippen LogP contribution in [0, 0.1) is 0 Å². The molecule has 6 heteroatoms. The second-order valence-electron chi connectivity index (χ2n) is 2.50. The Bertz CT molecular complexity index is 477. The van der Waals surface area contributed by atoms with Crippen LogP contribution in [-0.2, 0) is 0 Å². The number of nitrogens with zero attached hydrogens (tertiary/aromatic N) is 2. The third-order valence-corrected chi connectivity index (χ3v) is 1.66. The number of anilines is 1. The molecule has 0 aliphatic carbocycles. The lowest BCUT2D eigenvalue weighted by molar-refractivity contribution is 0.0698. The molecule has 1 aromatic heterocycles. The van der Waals surface area contributed by atoms with Crippen LogP contribution in [0.3, 0.4) is 0 Å². The summed E-state index contributed by atoms with van der Waals surface area (Å²) in [4.78, 5) is 10.6. The first-order valence-electron chi connectivity index (χ1n) is 3.43. The minimum atomic E-state index is -1.10. The molecule has 0 amide bonds. The van der Waals surface area contributed by atoms with Crippen molar-refractivity contribution in [3.63, 3.8) is 0 Å². The van der Waals surface area contributed by atoms with Crippen molar-refractivity contribution in [2.45, 2.75) is 0 Å². The monoisotopic (exact) mass is 179 g/mol. The molecule has 0 radical (unpaired) electrons. The lowest BCUT2D eigenvalue weighted by atomic mass is 10.1. The maximum Gasteiger partial charge on any atom is 0.337 e. The molecule has 13 heavy (non-hydrogen) atoms. The van der Waals surface area contributed by atoms with Gasteiger partial charge in [0.2, 0.25) is 0 Å². The summed E-state index contributed by atoms with van der Waals surface area (Å²) in [6.45, 7) is 0. The third-order valence-electron chi connectivity index (χ3n) is 1.66. The van der Waals surface area contributed by atoms with Crippen LogP contribution in [0.25, 0.3) is 11.0 Å². The van der Waals surface area contributed by atoms with Gasteiger partial charge in [-0.15, -0.1) is 0 Å². The summed E-state index contributed by atoms with van der Waals surface area (Å²) < 4.78 is 4.41. The second kappa shape index (κ2) is 2.44. The molecule has 3 N–H and O–H groups in total. The number of nitrogen functional groups attached to an aromatic ring is 1. The Hall–Kier alpha value is -2.11. The van der Waals surface area contributed by atoms with Crippen LogP contribution < -0.4 is 5.73 Å². The zero-order valence-corrected chi connectivity index (χ0v) is 6.39. The van der Waals surface area contributed by atoms with E-state index in [1.165, 1.54) is 12.1 Å². The van der Waals surface area contributed by atoms with Crippen LogP contribution in [0.15, 0.2) is 16.8 Å². The Morgan fingerprint density at radius 1 is 1.38 bits per heavy atom. The molecule has 0 spiro atoms. The highest BCUT2D eigenvalue weighted by molar-refractivity contribution is 5.98. The van der Waals surface area contributed by atoms with Gasteiger partial charge in [-0.25, -0.2) is 9.42 Å². The SMILES string of the molecule is Nc1cc2nonc2cc1C(=O)O. The number of aromatic nitrogens is 2. The van der Waals surface area contributed by atoms with E-state index in [2.05, 4.69) is 14.9 Å². The smallest absolute Gasteiger partial charge is 0.337 e. The maximum atomic E-state index is 10.6. The van der Waals surface area contributed by atoms with Crippen molar-refractivity contribution < 1.29 is 14.5 Å². The van der Waals surface area contributed by atoms with Gasteiger partial charge in [0.15, 0.2) is 0 Å². The molecule has 0 saturated carbocycles. The zero-order valence-electron chi connectivity index (χ0n) is 6.39. The van der Waals surface area contributed by atoms with Crippen LogP contribution in [0.1, 0.15) is 10.4 Å². The van der Waals surface area contributed by atoms with E-state index in [4.69, 9.17) is 10.8 Å². The van der Waals surface area contributed by atoms with E-state index in [0.29, 0.717) is 11.0 Å². The number of carboxylic acids is 1. The molecular weight excluding hydrogens is 174 g/mol. The predicted octanol–water partition coefficient (Wildman–Crippen LogP) is 0.503. The molecule has 2 aromatic rings. The van der Waals surface area contributed by atoms with Crippen molar-refractivity contribution >= 4 is 22.7 Å². The molecule has 0 saturated heterocycles. The lowest BCUT2D eigenvalue weighted by Crippen LogP contribution is -2.01. The molecule has 66 valence electrons. The number of nitrogens with two attached hydrogens (primary N) is 1. The van der Waals surface area contributed by atoms with Crippen molar-refractivity contribution in [2.24, 2.45) is 0 Å². The Labute approximate surface area is 71.9 Å². The molecule has 0 unspecified atom stereocenters. The molecule has 0 bridgehead atoms. The normalized spacial score (nSPS) is 10.5. The molecule has 0 aliphatic rings. The van der Waals surface area contributed by atoms with Crippen LogP contribution in [0.5, 0.6) is 0 Å². The summed E-state index contributed by atoms with van der Waals surface area (Å²) in [5.41, 5.74) is 6.44. The highest BCUT2D eigenvalue weighted by atomic mass is 16.6. The van der Waals surface area contributed by atoms with Gasteiger partial charge in [-0.05, 0) is 22.4 Å². The van der Waals surface area contributed by atoms with Gasteiger partial charge >= 0.3 is 5.97 Å². The first kappa shape index (κ1) is 7.53. The van der Waals surface area contributed by atoms with Crippen molar-refractivity contribution in [2.75, 3.05) is 5.73 Å². The molecule has 0 atom stereocenters. The highest BCUT2D eigenvalue weighted by Crippen LogP contribution is 2.18. The fourth-order valence-electron chi connectivity index (χ4n) is 1.03. The van der Waals surface area contributed by atoms with Crippen molar-refractivity contribution in [1.82, 2.24) is 10.3 Å². The Kier molecular flexibility index (Phi) is 1.42. The van der Waals surface area contributed by atoms with Gasteiger partial charge in [0.25, 0.3) is 0 Å². The molecule has 1 aromatic carbocycles. The average molecular weight is 179 g/mol. The Morgan fingerprint density at radius 2 is 2.00 bits per heavy atom. The first-order chi connectivity index (χ1) is 6.18. The fourth-order valence-corrected chi connectivity index (χ4v) is 1.03. The summed E-state index contributed by atoms with van der Waals surface area (Å²) in [5, 5.41) is 15.7. The van der Waals surface area contributed by atoms with E-state index in [-0.39, 0.29) is 11.3 Å². The number of benzene rings is 1. The molecule has 0 aliphatic heterocycles. The summed E-state index contributed by atoms with van der Waals surface area (Å²) >= 11 is 0. The van der Waals surface area contributed by atoms with Gasteiger partial charge in [-0.1, -0.05) is 0 Å². The Morgan fingerprint density at radius 3 is 2.62 bits per heavy atom. The van der Waals surface area contributed by atoms with E-state index in [0.717, 1.165) is 0 Å². The third kappa shape index (κ3) is 1.08. The van der Waals surface area contributed by atoms with Crippen LogP contribution in [-0.4, -0.2) is 21.4 Å². The van der Waals surface area contributed by atoms with E-state index in [1.54, 1.807) is 0 Å². The molecule has 0 fully saturated rings. The van der Waals surface area contributed by atoms with Crippen molar-refractivity contribution in [1.29, 1.82) is 0 Å². The van der Waals surface area contributed by atoms with E-state index in [9.17, 15) is 4.79 Å². The van der Waals surface area contributed by atoms with Gasteiger partial charge in [-0.3, -0.25) is 0 Å². The van der Waals surface area contributed by atoms with Crippen molar-refractivity contribution in [3.8, 4) is 0 Å². The van der Waals surface area contributed by atoms with E-state index >= 15 is 0 Å². The number of carbonyl (C=O) groups is 1. The average Bonchev–Trinajstić information content (AvgIpc) is 2.48. The topological polar surface area (TPSA) is 102 Å². The summed E-state index contributed by atoms with van der Waals surface area (Å²) in [7, 11) is 0. The second-order valence-corrected chi connectivity index (χ2v) is 2.50. The zero-order chi connectivity index (χ0) is 9.42. The number of hydrogen-bond acceptors (Lipinski definition) is 5. The number of aromatic carboxylic acids is 1. The molecule has 6 nitrogen and oxygen atoms in total. The molecule has 2 rings (SSSR count). The predicted molar refractivity (Wildman–Crippen MR) is 43.2 cm³/mol. The first-order valence-corrected chi connectivity index (χ1v) is 3.43. The molecule has 1 heterocycles. The largest absolute Gasteiger partial charge is 0.478 e. The Balaban J connectivity index is 2.76. The minimum Gasteiger partial charge on any atom is -0.478 e. The summed E-state index contributed by atoms with van der Waals surface area (Å²) in [5.74, 6) is -1.10. The van der Waals surface area contributed by atoms with E-state index < -0.39 is 5.97 Å². The van der Waals surface area contributed by atoms with Crippen LogP contribution in [0.4, 0.5) is 5.69 Å². The van der Waals surface area contributed by atoms with Gasteiger partial charge < -0.3 is 10.8 Å². The molecular formula is C7H5N3O3. The van der Waals surface area contributed by atoms with Crippen LogP contribution >= 0.6 is 0 Å². The van der Waals surface area contributed by atoms with Crippen LogP contribution in [0.2, 0.25) is 0 Å². The van der Waals surface area contributed by atoms with Gasteiger partial charge in [0.05, 0.1) is 5.56 Å². The van der Waals surface area contributed by atoms with Gasteiger partial charge in [-0.2, -0.15) is 0 Å². The standard InChI is InChI=1S/C7H5N3O3/c8-4-2-6-5(9-13-10-6)1-3(4)7(11)12/h1-2H,8H2,(H,11,12). The summed E-state index contributed by atoms with van der Waals surface area (Å²) in [6, 6.07) is 2.73. The quantitative estimate of drug-likeness (QED) is 0.618. The summed E-state index contributed by atoms with van der Waals surface area (Å²) in [6.07, 6.45) is 0. The number of carboxylic acid groups (broad SMARTS) is 1. The van der Waals surface area contributed by atoms with E-state index in [1.807, 2.05) is 0 Å². The number of fused-ring (bicyclic) bond motifs is 1. The minimum absolute atomic E-state index is 0.00296. The highest BCUT2D eigenvalue weighted by Gasteiger charge is 2.11. The number of hydrogen-bond donors (Lipinski definition) is 2. The fraction of sp³-hybridized carbons (Fsp3) is 0.